The number of aliphatic hydroxyl groups excluding tert-OH is 1. The highest BCUT2D eigenvalue weighted by molar-refractivity contribution is 5.51. The molecule has 0 fully saturated rings. The van der Waals surface area contributed by atoms with Crippen LogP contribution in [0.1, 0.15) is 12.5 Å². The molecule has 0 aliphatic heterocycles. The third kappa shape index (κ3) is 4.26. The first-order valence-corrected chi connectivity index (χ1v) is 5.22. The maximum atomic E-state index is 9.01. The van der Waals surface area contributed by atoms with E-state index in [2.05, 4.69) is 21.7 Å². The van der Waals surface area contributed by atoms with Crippen LogP contribution in [-0.2, 0) is 0 Å². The standard InChI is InChI=1S/C11H16N4O/c1-9(16)8-13-5-6-15-11-10(7-12)3-2-4-14-11/h2-4,9,13,16H,5-6,8H2,1H3,(H,14,15). The summed E-state index contributed by atoms with van der Waals surface area (Å²) in [5.74, 6) is 0.601. The minimum Gasteiger partial charge on any atom is -0.392 e. The topological polar surface area (TPSA) is 81.0 Å². The number of pyridine rings is 1. The summed E-state index contributed by atoms with van der Waals surface area (Å²) in [4.78, 5) is 4.07. The molecule has 86 valence electrons. The molecule has 5 heteroatoms. The number of hydrogen-bond acceptors (Lipinski definition) is 5. The maximum absolute atomic E-state index is 9.01. The SMILES string of the molecule is CC(O)CNCCNc1ncccc1C#N. The van der Waals surface area contributed by atoms with Gasteiger partial charge >= 0.3 is 0 Å². The van der Waals surface area contributed by atoms with Crippen LogP contribution in [0, 0.1) is 11.3 Å². The number of anilines is 1. The van der Waals surface area contributed by atoms with E-state index in [9.17, 15) is 0 Å². The van der Waals surface area contributed by atoms with Crippen molar-refractivity contribution in [3.63, 3.8) is 0 Å². The van der Waals surface area contributed by atoms with Crippen molar-refractivity contribution in [2.75, 3.05) is 25.0 Å². The van der Waals surface area contributed by atoms with Crippen LogP contribution in [0.2, 0.25) is 0 Å². The molecular weight excluding hydrogens is 204 g/mol. The Kier molecular flexibility index (Phi) is 5.26. The Morgan fingerprint density at radius 1 is 1.56 bits per heavy atom. The quantitative estimate of drug-likeness (QED) is 0.602. The van der Waals surface area contributed by atoms with Gasteiger partial charge in [0, 0.05) is 25.8 Å². The number of hydrogen-bond donors (Lipinski definition) is 3. The molecule has 1 heterocycles. The minimum atomic E-state index is -0.343. The summed E-state index contributed by atoms with van der Waals surface area (Å²) in [6.07, 6.45) is 1.30. The Bertz CT molecular complexity index is 359. The van der Waals surface area contributed by atoms with Gasteiger partial charge in [-0.2, -0.15) is 5.26 Å². The van der Waals surface area contributed by atoms with Gasteiger partial charge in [-0.3, -0.25) is 0 Å². The van der Waals surface area contributed by atoms with Gasteiger partial charge in [-0.15, -0.1) is 0 Å². The minimum absolute atomic E-state index is 0.343. The number of rotatable bonds is 6. The summed E-state index contributed by atoms with van der Waals surface area (Å²) in [5.41, 5.74) is 0.540. The van der Waals surface area contributed by atoms with Crippen molar-refractivity contribution < 1.29 is 5.11 Å². The lowest BCUT2D eigenvalue weighted by Gasteiger charge is -2.09. The normalized spacial score (nSPS) is 11.8. The number of aromatic nitrogens is 1. The summed E-state index contributed by atoms with van der Waals surface area (Å²) in [7, 11) is 0. The van der Waals surface area contributed by atoms with Crippen LogP contribution in [0.15, 0.2) is 18.3 Å². The largest absolute Gasteiger partial charge is 0.392 e. The van der Waals surface area contributed by atoms with E-state index in [-0.39, 0.29) is 6.10 Å². The fourth-order valence-electron chi connectivity index (χ4n) is 1.22. The van der Waals surface area contributed by atoms with Gasteiger partial charge in [0.2, 0.25) is 0 Å². The lowest BCUT2D eigenvalue weighted by molar-refractivity contribution is 0.192. The molecule has 0 saturated heterocycles. The molecule has 3 N–H and O–H groups in total. The zero-order valence-electron chi connectivity index (χ0n) is 9.27. The Labute approximate surface area is 95.1 Å². The van der Waals surface area contributed by atoms with E-state index < -0.39 is 0 Å². The van der Waals surface area contributed by atoms with E-state index in [1.807, 2.05) is 0 Å². The predicted molar refractivity (Wildman–Crippen MR) is 62.0 cm³/mol. The van der Waals surface area contributed by atoms with Crippen molar-refractivity contribution in [1.29, 1.82) is 5.26 Å². The molecule has 0 radical (unpaired) electrons. The summed E-state index contributed by atoms with van der Waals surface area (Å²) >= 11 is 0. The Hall–Kier alpha value is -1.64. The number of nitrogens with one attached hydrogen (secondary N) is 2. The average molecular weight is 220 g/mol. The van der Waals surface area contributed by atoms with Crippen molar-refractivity contribution in [2.24, 2.45) is 0 Å². The van der Waals surface area contributed by atoms with E-state index in [0.717, 1.165) is 0 Å². The number of nitriles is 1. The molecule has 0 aliphatic carbocycles. The van der Waals surface area contributed by atoms with Gasteiger partial charge in [0.05, 0.1) is 11.7 Å². The number of aliphatic hydroxyl groups is 1. The van der Waals surface area contributed by atoms with Crippen LogP contribution in [-0.4, -0.2) is 35.8 Å². The van der Waals surface area contributed by atoms with Gasteiger partial charge in [-0.25, -0.2) is 4.98 Å². The highest BCUT2D eigenvalue weighted by Crippen LogP contribution is 2.08. The van der Waals surface area contributed by atoms with E-state index in [4.69, 9.17) is 10.4 Å². The second-order valence-corrected chi connectivity index (χ2v) is 3.49. The zero-order valence-corrected chi connectivity index (χ0v) is 9.27. The summed E-state index contributed by atoms with van der Waals surface area (Å²) in [6.45, 7) is 3.67. The highest BCUT2D eigenvalue weighted by Gasteiger charge is 2.00. The molecule has 0 bridgehead atoms. The van der Waals surface area contributed by atoms with Crippen LogP contribution < -0.4 is 10.6 Å². The fraction of sp³-hybridized carbons (Fsp3) is 0.455. The van der Waals surface area contributed by atoms with Gasteiger partial charge in [-0.1, -0.05) is 0 Å². The first kappa shape index (κ1) is 12.4. The molecule has 0 aliphatic rings. The van der Waals surface area contributed by atoms with Crippen molar-refractivity contribution in [2.45, 2.75) is 13.0 Å². The smallest absolute Gasteiger partial charge is 0.143 e. The first-order valence-electron chi connectivity index (χ1n) is 5.22. The third-order valence-corrected chi connectivity index (χ3v) is 1.96. The van der Waals surface area contributed by atoms with E-state index >= 15 is 0 Å². The van der Waals surface area contributed by atoms with E-state index in [1.165, 1.54) is 0 Å². The molecule has 1 rings (SSSR count). The monoisotopic (exact) mass is 220 g/mol. The molecular formula is C11H16N4O. The molecule has 1 atom stereocenters. The van der Waals surface area contributed by atoms with Gasteiger partial charge in [0.1, 0.15) is 11.9 Å². The van der Waals surface area contributed by atoms with Crippen LogP contribution in [0.5, 0.6) is 0 Å². The van der Waals surface area contributed by atoms with Gasteiger partial charge in [-0.05, 0) is 19.1 Å². The highest BCUT2D eigenvalue weighted by atomic mass is 16.3. The maximum Gasteiger partial charge on any atom is 0.143 e. The van der Waals surface area contributed by atoms with Gasteiger partial charge in [0.15, 0.2) is 0 Å². The summed E-state index contributed by atoms with van der Waals surface area (Å²) in [6, 6.07) is 5.52. The average Bonchev–Trinajstić information content (AvgIpc) is 2.29. The molecule has 16 heavy (non-hydrogen) atoms. The van der Waals surface area contributed by atoms with E-state index in [1.54, 1.807) is 25.3 Å². The first-order chi connectivity index (χ1) is 7.74. The van der Waals surface area contributed by atoms with E-state index in [0.29, 0.717) is 31.0 Å². The lowest BCUT2D eigenvalue weighted by Crippen LogP contribution is -2.29. The third-order valence-electron chi connectivity index (χ3n) is 1.96. The van der Waals surface area contributed by atoms with Crippen molar-refractivity contribution in [3.8, 4) is 6.07 Å². The van der Waals surface area contributed by atoms with Gasteiger partial charge in [0.25, 0.3) is 0 Å². The Morgan fingerprint density at radius 3 is 3.06 bits per heavy atom. The van der Waals surface area contributed by atoms with Crippen LogP contribution >= 0.6 is 0 Å². The van der Waals surface area contributed by atoms with Gasteiger partial charge < -0.3 is 15.7 Å². The molecule has 1 aromatic heterocycles. The van der Waals surface area contributed by atoms with Crippen LogP contribution in [0.25, 0.3) is 0 Å². The van der Waals surface area contributed by atoms with Crippen molar-refractivity contribution >= 4 is 5.82 Å². The van der Waals surface area contributed by atoms with Crippen LogP contribution in [0.4, 0.5) is 5.82 Å². The Balaban J connectivity index is 2.30. The Morgan fingerprint density at radius 2 is 2.38 bits per heavy atom. The molecule has 0 spiro atoms. The molecule has 0 aromatic carbocycles. The molecule has 5 nitrogen and oxygen atoms in total. The second kappa shape index (κ2) is 6.77. The van der Waals surface area contributed by atoms with Crippen molar-refractivity contribution in [1.82, 2.24) is 10.3 Å². The van der Waals surface area contributed by atoms with Crippen molar-refractivity contribution in [3.05, 3.63) is 23.9 Å². The fourth-order valence-corrected chi connectivity index (χ4v) is 1.22. The second-order valence-electron chi connectivity index (χ2n) is 3.49. The molecule has 0 saturated carbocycles. The lowest BCUT2D eigenvalue weighted by atomic mass is 10.3. The molecule has 1 aromatic rings. The zero-order chi connectivity index (χ0) is 11.8. The van der Waals surface area contributed by atoms with Crippen LogP contribution in [0.3, 0.4) is 0 Å². The molecule has 1 unspecified atom stereocenters. The number of nitrogens with zero attached hydrogens (tertiary/aromatic N) is 2. The predicted octanol–water partition coefficient (Wildman–Crippen LogP) is 0.336. The summed E-state index contributed by atoms with van der Waals surface area (Å²) in [5, 5.41) is 24.0. The molecule has 0 amide bonds. The summed E-state index contributed by atoms with van der Waals surface area (Å²) < 4.78 is 0.